The number of carboxylic acid groups (broad SMARTS) is 1. The lowest BCUT2D eigenvalue weighted by Crippen LogP contribution is -2.29. The molecule has 19 heavy (non-hydrogen) atoms. The van der Waals surface area contributed by atoms with Crippen molar-refractivity contribution in [3.05, 3.63) is 33.8 Å². The molecule has 1 aromatic rings. The highest BCUT2D eigenvalue weighted by molar-refractivity contribution is 9.10. The van der Waals surface area contributed by atoms with Crippen molar-refractivity contribution in [2.45, 2.75) is 33.7 Å². The number of aliphatic carboxylic acids is 1. The maximum Gasteiger partial charge on any atom is 0.307 e. The molecule has 4 heteroatoms. The van der Waals surface area contributed by atoms with Crippen molar-refractivity contribution in [3.63, 3.8) is 0 Å². The maximum absolute atomic E-state index is 11.1. The molecule has 0 aliphatic carbocycles. The van der Waals surface area contributed by atoms with Crippen LogP contribution in [0.25, 0.3) is 0 Å². The third-order valence-corrected chi connectivity index (χ3v) is 3.94. The van der Waals surface area contributed by atoms with Gasteiger partial charge in [0.1, 0.15) is 0 Å². The number of benzene rings is 1. The predicted octanol–water partition coefficient (Wildman–Crippen LogP) is 3.59. The van der Waals surface area contributed by atoms with Gasteiger partial charge in [-0.1, -0.05) is 41.9 Å². The zero-order valence-corrected chi connectivity index (χ0v) is 13.3. The molecule has 0 radical (unpaired) electrons. The van der Waals surface area contributed by atoms with Gasteiger partial charge >= 0.3 is 5.97 Å². The number of aryl methyl sites for hydroxylation is 1. The summed E-state index contributed by atoms with van der Waals surface area (Å²) < 4.78 is 1.10. The van der Waals surface area contributed by atoms with E-state index < -0.39 is 5.97 Å². The first-order chi connectivity index (χ1) is 8.90. The molecule has 0 bridgehead atoms. The number of carboxylic acids is 1. The minimum absolute atomic E-state index is 0.309. The molecule has 0 aromatic heterocycles. The maximum atomic E-state index is 11.1. The molecule has 0 saturated carbocycles. The van der Waals surface area contributed by atoms with E-state index in [-0.39, 0.29) is 5.92 Å². The quantitative estimate of drug-likeness (QED) is 0.804. The smallest absolute Gasteiger partial charge is 0.307 e. The van der Waals surface area contributed by atoms with Crippen molar-refractivity contribution in [3.8, 4) is 0 Å². The summed E-state index contributed by atoms with van der Waals surface area (Å²) in [7, 11) is 0. The Morgan fingerprint density at radius 2 is 2.11 bits per heavy atom. The molecule has 1 atom stereocenters. The van der Waals surface area contributed by atoms with Crippen LogP contribution >= 0.6 is 15.9 Å². The molecule has 0 heterocycles. The number of hydrogen-bond acceptors (Lipinski definition) is 2. The molecule has 0 aliphatic heterocycles. The van der Waals surface area contributed by atoms with E-state index in [1.165, 1.54) is 11.1 Å². The SMILES string of the molecule is Cc1cc(CNCC(CC(C)C)C(=O)O)ccc1Br. The van der Waals surface area contributed by atoms with Gasteiger partial charge in [0.15, 0.2) is 0 Å². The van der Waals surface area contributed by atoms with Gasteiger partial charge in [-0.05, 0) is 36.5 Å². The molecule has 1 rings (SSSR count). The van der Waals surface area contributed by atoms with Crippen LogP contribution in [0.3, 0.4) is 0 Å². The summed E-state index contributed by atoms with van der Waals surface area (Å²) in [5.41, 5.74) is 2.37. The Bertz CT molecular complexity index is 432. The fraction of sp³-hybridized carbons (Fsp3) is 0.533. The molecule has 0 amide bonds. The summed E-state index contributed by atoms with van der Waals surface area (Å²) in [6.07, 6.45) is 0.710. The number of hydrogen-bond donors (Lipinski definition) is 2. The van der Waals surface area contributed by atoms with Crippen LogP contribution in [0, 0.1) is 18.8 Å². The van der Waals surface area contributed by atoms with Crippen LogP contribution in [0.1, 0.15) is 31.4 Å². The average Bonchev–Trinajstić information content (AvgIpc) is 2.31. The summed E-state index contributed by atoms with van der Waals surface area (Å²) in [5, 5.41) is 12.4. The van der Waals surface area contributed by atoms with E-state index >= 15 is 0 Å². The third-order valence-electron chi connectivity index (χ3n) is 3.05. The highest BCUT2D eigenvalue weighted by Crippen LogP contribution is 2.17. The number of carbonyl (C=O) groups is 1. The van der Waals surface area contributed by atoms with Gasteiger partial charge in [-0.25, -0.2) is 0 Å². The van der Waals surface area contributed by atoms with Gasteiger partial charge < -0.3 is 10.4 Å². The fourth-order valence-electron chi connectivity index (χ4n) is 2.05. The second kappa shape index (κ2) is 7.65. The first-order valence-electron chi connectivity index (χ1n) is 6.58. The molecule has 0 fully saturated rings. The molecule has 3 nitrogen and oxygen atoms in total. The standard InChI is InChI=1S/C15H22BrNO2/c1-10(2)6-13(15(18)19)9-17-8-12-4-5-14(16)11(3)7-12/h4-5,7,10,13,17H,6,8-9H2,1-3H3,(H,18,19). The van der Waals surface area contributed by atoms with Crippen molar-refractivity contribution in [1.82, 2.24) is 5.32 Å². The van der Waals surface area contributed by atoms with Crippen molar-refractivity contribution in [1.29, 1.82) is 0 Å². The van der Waals surface area contributed by atoms with Gasteiger partial charge in [0.25, 0.3) is 0 Å². The van der Waals surface area contributed by atoms with E-state index in [2.05, 4.69) is 27.3 Å². The number of nitrogens with one attached hydrogen (secondary N) is 1. The summed E-state index contributed by atoms with van der Waals surface area (Å²) in [6, 6.07) is 6.17. The number of rotatable bonds is 7. The lowest BCUT2D eigenvalue weighted by Gasteiger charge is -2.15. The van der Waals surface area contributed by atoms with Crippen molar-refractivity contribution in [2.24, 2.45) is 11.8 Å². The van der Waals surface area contributed by atoms with Crippen molar-refractivity contribution < 1.29 is 9.90 Å². The second-order valence-corrected chi connectivity index (χ2v) is 6.23. The lowest BCUT2D eigenvalue weighted by atomic mass is 9.97. The van der Waals surface area contributed by atoms with Crippen molar-refractivity contribution in [2.75, 3.05) is 6.54 Å². The first-order valence-corrected chi connectivity index (χ1v) is 7.38. The Balaban J connectivity index is 2.47. The average molecular weight is 328 g/mol. The Morgan fingerprint density at radius 1 is 1.42 bits per heavy atom. The highest BCUT2D eigenvalue weighted by Gasteiger charge is 2.18. The van der Waals surface area contributed by atoms with E-state index in [0.29, 0.717) is 25.4 Å². The molecule has 2 N–H and O–H groups in total. The topological polar surface area (TPSA) is 49.3 Å². The molecule has 0 saturated heterocycles. The fourth-order valence-corrected chi connectivity index (χ4v) is 2.29. The monoisotopic (exact) mass is 327 g/mol. The summed E-state index contributed by atoms with van der Waals surface area (Å²) in [5.74, 6) is -0.623. The van der Waals surface area contributed by atoms with Crippen LogP contribution < -0.4 is 5.32 Å². The third kappa shape index (κ3) is 5.74. The number of halogens is 1. The van der Waals surface area contributed by atoms with Gasteiger partial charge in [0.05, 0.1) is 5.92 Å². The predicted molar refractivity (Wildman–Crippen MR) is 81.2 cm³/mol. The lowest BCUT2D eigenvalue weighted by molar-refractivity contribution is -0.142. The van der Waals surface area contributed by atoms with Gasteiger partial charge in [-0.3, -0.25) is 4.79 Å². The Kier molecular flexibility index (Phi) is 6.52. The Hall–Kier alpha value is -0.870. The molecule has 0 aliphatic rings. The highest BCUT2D eigenvalue weighted by atomic mass is 79.9. The summed E-state index contributed by atoms with van der Waals surface area (Å²) in [4.78, 5) is 11.1. The second-order valence-electron chi connectivity index (χ2n) is 5.38. The van der Waals surface area contributed by atoms with Gasteiger partial charge in [-0.15, -0.1) is 0 Å². The Morgan fingerprint density at radius 3 is 2.63 bits per heavy atom. The molecule has 106 valence electrons. The molecule has 1 aromatic carbocycles. The van der Waals surface area contributed by atoms with Gasteiger partial charge in [0, 0.05) is 17.6 Å². The van der Waals surface area contributed by atoms with E-state index in [1.807, 2.05) is 32.9 Å². The van der Waals surface area contributed by atoms with E-state index in [1.54, 1.807) is 0 Å². The van der Waals surface area contributed by atoms with Crippen LogP contribution in [-0.4, -0.2) is 17.6 Å². The van der Waals surface area contributed by atoms with E-state index in [0.717, 1.165) is 4.47 Å². The summed E-state index contributed by atoms with van der Waals surface area (Å²) >= 11 is 3.47. The minimum atomic E-state index is -0.715. The van der Waals surface area contributed by atoms with Gasteiger partial charge in [0.2, 0.25) is 0 Å². The van der Waals surface area contributed by atoms with Crippen LogP contribution in [0.5, 0.6) is 0 Å². The van der Waals surface area contributed by atoms with Crippen LogP contribution in [-0.2, 0) is 11.3 Å². The zero-order valence-electron chi connectivity index (χ0n) is 11.7. The zero-order chi connectivity index (χ0) is 14.4. The van der Waals surface area contributed by atoms with E-state index in [4.69, 9.17) is 5.11 Å². The molecule has 1 unspecified atom stereocenters. The van der Waals surface area contributed by atoms with Crippen LogP contribution in [0.2, 0.25) is 0 Å². The van der Waals surface area contributed by atoms with Crippen molar-refractivity contribution >= 4 is 21.9 Å². The largest absolute Gasteiger partial charge is 0.481 e. The van der Waals surface area contributed by atoms with Gasteiger partial charge in [-0.2, -0.15) is 0 Å². The normalized spacial score (nSPS) is 12.7. The molecule has 0 spiro atoms. The molecular weight excluding hydrogens is 306 g/mol. The first kappa shape index (κ1) is 16.2. The van der Waals surface area contributed by atoms with E-state index in [9.17, 15) is 4.79 Å². The summed E-state index contributed by atoms with van der Waals surface area (Å²) in [6.45, 7) is 7.37. The minimum Gasteiger partial charge on any atom is -0.481 e. The molecular formula is C15H22BrNO2. The van der Waals surface area contributed by atoms with Crippen LogP contribution in [0.15, 0.2) is 22.7 Å². The Labute approximate surface area is 123 Å². The van der Waals surface area contributed by atoms with Crippen LogP contribution in [0.4, 0.5) is 0 Å².